The summed E-state index contributed by atoms with van der Waals surface area (Å²) in [5, 5.41) is 68.8. The fourth-order valence-electron chi connectivity index (χ4n) is 8.12. The van der Waals surface area contributed by atoms with Crippen LogP contribution in [0, 0.1) is 0 Å². The van der Waals surface area contributed by atoms with Crippen LogP contribution in [0.15, 0.2) is 54.6 Å². The van der Waals surface area contributed by atoms with Crippen LogP contribution in [0.3, 0.4) is 0 Å². The maximum atomic E-state index is 12.5. The van der Waals surface area contributed by atoms with E-state index in [-0.39, 0.29) is 70.2 Å². The van der Waals surface area contributed by atoms with Crippen LogP contribution < -0.4 is 20.7 Å². The minimum Gasteiger partial charge on any atom is -0.491 e. The topological polar surface area (TPSA) is 249 Å². The summed E-state index contributed by atoms with van der Waals surface area (Å²) in [6.45, 7) is 2.28. The number of alkyl carbamates (subject to hydrolysis) is 1. The van der Waals surface area contributed by atoms with Crippen LogP contribution in [0.25, 0.3) is 0 Å². The van der Waals surface area contributed by atoms with E-state index in [0.29, 0.717) is 37.2 Å². The van der Waals surface area contributed by atoms with Crippen molar-refractivity contribution in [3.05, 3.63) is 65.7 Å². The molecule has 2 aromatic carbocycles. The van der Waals surface area contributed by atoms with Crippen molar-refractivity contribution in [3.8, 4) is 5.75 Å². The van der Waals surface area contributed by atoms with E-state index in [2.05, 4.69) is 16.0 Å². The molecule has 3 amide bonds. The number of unbranched alkanes of at least 4 members (excludes halogenated alkanes) is 13. The van der Waals surface area contributed by atoms with Crippen LogP contribution >= 0.6 is 0 Å². The summed E-state index contributed by atoms with van der Waals surface area (Å²) in [6.07, 6.45) is 17.2. The Morgan fingerprint density at radius 3 is 1.88 bits per heavy atom. The largest absolute Gasteiger partial charge is 0.491 e. The van der Waals surface area contributed by atoms with Crippen molar-refractivity contribution in [1.29, 1.82) is 0 Å². The molecule has 392 valence electrons. The number of benzene rings is 2. The molecule has 1 fully saturated rings. The normalized spacial score (nSPS) is 17.0. The maximum Gasteiger partial charge on any atom is 0.407 e. The lowest BCUT2D eigenvalue weighted by Crippen LogP contribution is -2.41. The molecule has 1 saturated heterocycles. The number of aliphatic hydroxyl groups is 6. The minimum absolute atomic E-state index is 0.0499. The number of aliphatic hydroxyl groups excluding tert-OH is 6. The summed E-state index contributed by atoms with van der Waals surface area (Å²) >= 11 is 0. The van der Waals surface area contributed by atoms with Crippen molar-refractivity contribution in [3.63, 3.8) is 0 Å². The third kappa shape index (κ3) is 27.9. The Morgan fingerprint density at radius 1 is 0.667 bits per heavy atom. The van der Waals surface area contributed by atoms with Gasteiger partial charge in [-0.1, -0.05) is 139 Å². The Hall–Kier alpha value is -3.87. The quantitative estimate of drug-likeness (QED) is 0.0257. The molecule has 0 aliphatic carbocycles. The standard InChI is InChI=1S/C53H87N3O13/c1-2-50(63)55-43(36-58)39-67-45-31-29-41(30-32-45)48(62)34-54-52(64)47(61)27-21-26-46(60)51-49(69-51)28-19-12-9-11-18-25-44(59)24-17-10-7-5-3-4-6-8-13-20-33-66-38-42(35-57)56-53(65)68-37-40-22-15-14-16-23-40/h14-16,22-23,29-32,42-44,46-49,51,57-62H,2-13,17-21,24-28,33-39H2,1H3,(H,54,64)(H,55,63)(H,56,65)/t42-,43-,44+,46-,47-,48-,49-,51+/m0/s1. The van der Waals surface area contributed by atoms with Gasteiger partial charge in [-0.2, -0.15) is 0 Å². The van der Waals surface area contributed by atoms with Gasteiger partial charge in [-0.25, -0.2) is 4.79 Å². The number of amides is 3. The van der Waals surface area contributed by atoms with E-state index < -0.39 is 42.4 Å². The minimum atomic E-state index is -1.26. The fourth-order valence-corrected chi connectivity index (χ4v) is 8.12. The number of hydrogen-bond acceptors (Lipinski definition) is 13. The molecule has 8 atom stereocenters. The van der Waals surface area contributed by atoms with E-state index in [0.717, 1.165) is 76.2 Å². The van der Waals surface area contributed by atoms with Crippen molar-refractivity contribution < 1.29 is 64.0 Å². The highest BCUT2D eigenvalue weighted by Gasteiger charge is 2.43. The van der Waals surface area contributed by atoms with Crippen molar-refractivity contribution >= 4 is 17.9 Å². The molecule has 9 N–H and O–H groups in total. The number of epoxide rings is 1. The molecule has 2 aromatic rings. The summed E-state index contributed by atoms with van der Waals surface area (Å²) in [4.78, 5) is 36.0. The molecule has 0 radical (unpaired) electrons. The predicted octanol–water partition coefficient (Wildman–Crippen LogP) is 6.45. The second-order valence-electron chi connectivity index (χ2n) is 18.6. The van der Waals surface area contributed by atoms with Crippen LogP contribution in [0.2, 0.25) is 0 Å². The van der Waals surface area contributed by atoms with Crippen LogP contribution in [-0.4, -0.2) is 131 Å². The molecule has 0 spiro atoms. The third-order valence-corrected chi connectivity index (χ3v) is 12.5. The molecule has 0 unspecified atom stereocenters. The van der Waals surface area contributed by atoms with Gasteiger partial charge >= 0.3 is 6.09 Å². The van der Waals surface area contributed by atoms with Crippen LogP contribution in [0.1, 0.15) is 165 Å². The number of rotatable bonds is 42. The zero-order valence-corrected chi connectivity index (χ0v) is 41.4. The first-order valence-corrected chi connectivity index (χ1v) is 26.0. The van der Waals surface area contributed by atoms with Crippen molar-refractivity contribution in [2.24, 2.45) is 0 Å². The van der Waals surface area contributed by atoms with E-state index in [1.54, 1.807) is 31.2 Å². The lowest BCUT2D eigenvalue weighted by molar-refractivity contribution is -0.130. The van der Waals surface area contributed by atoms with Crippen molar-refractivity contribution in [2.75, 3.05) is 39.6 Å². The van der Waals surface area contributed by atoms with Crippen molar-refractivity contribution in [2.45, 2.75) is 203 Å². The Balaban J connectivity index is 1.05. The van der Waals surface area contributed by atoms with Gasteiger partial charge in [0.2, 0.25) is 11.8 Å². The molecule has 69 heavy (non-hydrogen) atoms. The molecule has 1 heterocycles. The van der Waals surface area contributed by atoms with E-state index >= 15 is 0 Å². The number of carbonyl (C=O) groups excluding carboxylic acids is 3. The fraction of sp³-hybridized carbons (Fsp3) is 0.717. The molecule has 16 nitrogen and oxygen atoms in total. The Kier molecular flexibility index (Phi) is 31.9. The SMILES string of the molecule is CCC(=O)N[C@@H](CO)COc1ccc([C@@H](O)CNC(=O)[C@@H](O)CCC[C@H](O)[C@H]2O[C@H]2CCCCCCC[C@H](O)CCCCCCCCCCCCOC[C@H](CO)NC(=O)OCc2ccccc2)cc1. The summed E-state index contributed by atoms with van der Waals surface area (Å²) in [6, 6.07) is 15.0. The van der Waals surface area contributed by atoms with Gasteiger partial charge in [-0.15, -0.1) is 0 Å². The van der Waals surface area contributed by atoms with Crippen LogP contribution in [0.4, 0.5) is 4.79 Å². The van der Waals surface area contributed by atoms with Gasteiger partial charge in [0.1, 0.15) is 31.2 Å². The summed E-state index contributed by atoms with van der Waals surface area (Å²) < 4.78 is 22.2. The van der Waals surface area contributed by atoms with Gasteiger partial charge < -0.3 is 65.5 Å². The molecule has 16 heteroatoms. The Bertz CT molecular complexity index is 1620. The first kappa shape index (κ1) is 59.4. The van der Waals surface area contributed by atoms with Gasteiger partial charge in [0.15, 0.2) is 0 Å². The second-order valence-corrected chi connectivity index (χ2v) is 18.6. The first-order valence-electron chi connectivity index (χ1n) is 26.0. The molecular weight excluding hydrogens is 887 g/mol. The van der Waals surface area contributed by atoms with E-state index in [4.69, 9.17) is 18.9 Å². The summed E-state index contributed by atoms with van der Waals surface area (Å²) in [5.74, 6) is -0.281. The van der Waals surface area contributed by atoms with E-state index in [9.17, 15) is 45.0 Å². The average molecular weight is 974 g/mol. The molecular formula is C53H87N3O13. The average Bonchev–Trinajstić information content (AvgIpc) is 4.15. The number of hydrogen-bond donors (Lipinski definition) is 9. The van der Waals surface area contributed by atoms with Gasteiger partial charge in [0.05, 0.1) is 56.3 Å². The molecule has 0 aromatic heterocycles. The number of ether oxygens (including phenoxy) is 4. The lowest BCUT2D eigenvalue weighted by Gasteiger charge is -2.18. The van der Waals surface area contributed by atoms with Gasteiger partial charge in [0, 0.05) is 19.6 Å². The number of nitrogens with one attached hydrogen (secondary N) is 3. The van der Waals surface area contributed by atoms with Crippen molar-refractivity contribution in [1.82, 2.24) is 16.0 Å². The molecule has 3 rings (SSSR count). The van der Waals surface area contributed by atoms with E-state index in [1.165, 1.54) is 44.9 Å². The van der Waals surface area contributed by atoms with E-state index in [1.807, 2.05) is 30.3 Å². The predicted molar refractivity (Wildman–Crippen MR) is 264 cm³/mol. The Labute approximate surface area is 411 Å². The highest BCUT2D eigenvalue weighted by atomic mass is 16.6. The third-order valence-electron chi connectivity index (χ3n) is 12.5. The molecule has 0 saturated carbocycles. The monoisotopic (exact) mass is 974 g/mol. The smallest absolute Gasteiger partial charge is 0.407 e. The highest BCUT2D eigenvalue weighted by Crippen LogP contribution is 2.32. The van der Waals surface area contributed by atoms with Gasteiger partial charge in [-0.05, 0) is 68.2 Å². The second kappa shape index (κ2) is 37.0. The highest BCUT2D eigenvalue weighted by molar-refractivity contribution is 5.80. The van der Waals surface area contributed by atoms with Crippen LogP contribution in [0.5, 0.6) is 5.75 Å². The lowest BCUT2D eigenvalue weighted by atomic mass is 10.0. The molecule has 1 aliphatic rings. The van der Waals surface area contributed by atoms with Gasteiger partial charge in [0.25, 0.3) is 0 Å². The molecule has 1 aliphatic heterocycles. The maximum absolute atomic E-state index is 12.5. The Morgan fingerprint density at radius 2 is 1.26 bits per heavy atom. The summed E-state index contributed by atoms with van der Waals surface area (Å²) in [7, 11) is 0. The van der Waals surface area contributed by atoms with Crippen LogP contribution in [-0.2, 0) is 30.4 Å². The first-order chi connectivity index (χ1) is 33.5. The zero-order chi connectivity index (χ0) is 49.9. The molecule has 0 bridgehead atoms. The summed E-state index contributed by atoms with van der Waals surface area (Å²) in [5.41, 5.74) is 1.44. The van der Waals surface area contributed by atoms with Gasteiger partial charge in [-0.3, -0.25) is 9.59 Å². The zero-order valence-electron chi connectivity index (χ0n) is 41.4. The number of carbonyl (C=O) groups is 3.